The Bertz CT molecular complexity index is 298. The lowest BCUT2D eigenvalue weighted by molar-refractivity contribution is -0.148. The molecule has 0 N–H and O–H groups in total. The predicted molar refractivity (Wildman–Crippen MR) is 71.1 cm³/mol. The second kappa shape index (κ2) is 10.7. The Hall–Kier alpha value is -1.04. The van der Waals surface area contributed by atoms with Crippen LogP contribution in [0.4, 0.5) is 0 Å². The van der Waals surface area contributed by atoms with Gasteiger partial charge in [-0.25, -0.2) is 0 Å². The maximum atomic E-state index is 11.2. The van der Waals surface area contributed by atoms with Gasteiger partial charge in [0.05, 0.1) is 11.8 Å². The summed E-state index contributed by atoms with van der Waals surface area (Å²) in [5, 5.41) is 0. The summed E-state index contributed by atoms with van der Waals surface area (Å²) in [4.78, 5) is 22.2. The maximum absolute atomic E-state index is 11.2. The lowest BCUT2D eigenvalue weighted by Gasteiger charge is -2.04. The highest BCUT2D eigenvalue weighted by Crippen LogP contribution is 2.22. The summed E-state index contributed by atoms with van der Waals surface area (Å²) >= 11 is 0. The first-order valence-electron chi connectivity index (χ1n) is 6.41. The summed E-state index contributed by atoms with van der Waals surface area (Å²) in [6.45, 7) is 6.86. The van der Waals surface area contributed by atoms with Crippen LogP contribution < -0.4 is 0 Å². The zero-order valence-corrected chi connectivity index (χ0v) is 13.2. The summed E-state index contributed by atoms with van der Waals surface area (Å²) < 4.78 is 30.5. The summed E-state index contributed by atoms with van der Waals surface area (Å²) in [5.74, 6) is -1.11. The zero-order valence-electron chi connectivity index (χ0n) is 12.3. The first-order chi connectivity index (χ1) is 9.34. The molecule has 0 aliphatic heterocycles. The fraction of sp³-hybridized carbons (Fsp3) is 0.833. The second-order valence-electron chi connectivity index (χ2n) is 4.53. The number of hydrogen-bond acceptors (Lipinski definition) is 7. The van der Waals surface area contributed by atoms with E-state index in [1.54, 1.807) is 27.7 Å². The first-order valence-corrected chi connectivity index (χ1v) is 7.50. The predicted octanol–water partition coefficient (Wildman–Crippen LogP) is 2.08. The molecule has 0 atom stereocenters. The molecule has 116 valence electrons. The number of rotatable bonds is 10. The van der Waals surface area contributed by atoms with Crippen molar-refractivity contribution in [3.8, 4) is 0 Å². The fourth-order valence-corrected chi connectivity index (χ4v) is 1.40. The van der Waals surface area contributed by atoms with Crippen molar-refractivity contribution >= 4 is 20.2 Å². The normalized spacial score (nSPS) is 10.7. The van der Waals surface area contributed by atoms with Crippen molar-refractivity contribution in [2.75, 3.05) is 26.4 Å². The quantitative estimate of drug-likeness (QED) is 0.347. The molecule has 0 aromatic rings. The van der Waals surface area contributed by atoms with Crippen LogP contribution in [0.15, 0.2) is 0 Å². The van der Waals surface area contributed by atoms with Crippen molar-refractivity contribution in [3.63, 3.8) is 0 Å². The van der Waals surface area contributed by atoms with Gasteiger partial charge in [-0.1, -0.05) is 27.7 Å². The van der Waals surface area contributed by atoms with Gasteiger partial charge in [0, 0.05) is 4.57 Å². The maximum Gasteiger partial charge on any atom is 0.697 e. The lowest BCUT2D eigenvalue weighted by Crippen LogP contribution is -2.15. The number of esters is 2. The average molecular weight is 309 g/mol. The molecule has 0 fully saturated rings. The van der Waals surface area contributed by atoms with E-state index in [1.807, 2.05) is 0 Å². The molecule has 0 saturated carbocycles. The van der Waals surface area contributed by atoms with Crippen LogP contribution >= 0.6 is 8.25 Å². The second-order valence-corrected chi connectivity index (χ2v) is 5.50. The van der Waals surface area contributed by atoms with Crippen molar-refractivity contribution in [2.24, 2.45) is 11.8 Å². The van der Waals surface area contributed by atoms with Crippen molar-refractivity contribution in [2.45, 2.75) is 27.7 Å². The summed E-state index contributed by atoms with van der Waals surface area (Å²) in [7, 11) is -2.31. The van der Waals surface area contributed by atoms with Crippen LogP contribution in [0.1, 0.15) is 27.7 Å². The Morgan fingerprint density at radius 3 is 1.45 bits per heavy atom. The average Bonchev–Trinajstić information content (AvgIpc) is 2.38. The minimum Gasteiger partial charge on any atom is -0.463 e. The first kappa shape index (κ1) is 19.0. The molecule has 7 nitrogen and oxygen atoms in total. The van der Waals surface area contributed by atoms with Crippen LogP contribution in [-0.4, -0.2) is 38.4 Å². The third-order valence-corrected chi connectivity index (χ3v) is 2.78. The standard InChI is InChI=1S/C12H22O7P/c1-9(2)11(13)16-5-7-18-20(15)19-8-6-17-12(14)10(3)4/h9-10H,5-8H2,1-4H3/q+1. The van der Waals surface area contributed by atoms with E-state index in [0.717, 1.165) is 0 Å². The van der Waals surface area contributed by atoms with Crippen molar-refractivity contribution in [1.82, 2.24) is 0 Å². The van der Waals surface area contributed by atoms with Gasteiger partial charge in [0.1, 0.15) is 26.4 Å². The molecule has 0 amide bonds. The highest BCUT2D eigenvalue weighted by Gasteiger charge is 2.21. The highest BCUT2D eigenvalue weighted by molar-refractivity contribution is 7.33. The van der Waals surface area contributed by atoms with Crippen LogP contribution in [0, 0.1) is 11.8 Å². The summed E-state index contributed by atoms with van der Waals surface area (Å²) in [6.07, 6.45) is 0. The van der Waals surface area contributed by atoms with Crippen molar-refractivity contribution < 1.29 is 32.7 Å². The topological polar surface area (TPSA) is 88.1 Å². The van der Waals surface area contributed by atoms with E-state index in [0.29, 0.717) is 0 Å². The Morgan fingerprint density at radius 2 is 1.15 bits per heavy atom. The Labute approximate surface area is 119 Å². The molecule has 0 aromatic carbocycles. The van der Waals surface area contributed by atoms with Crippen LogP contribution in [0.2, 0.25) is 0 Å². The lowest BCUT2D eigenvalue weighted by atomic mass is 10.2. The molecular formula is C12H22O7P+. The number of carbonyl (C=O) groups is 2. The van der Waals surface area contributed by atoms with Gasteiger partial charge >= 0.3 is 20.2 Å². The zero-order chi connectivity index (χ0) is 15.5. The van der Waals surface area contributed by atoms with Gasteiger partial charge in [0.25, 0.3) is 0 Å². The van der Waals surface area contributed by atoms with Gasteiger partial charge in [-0.2, -0.15) is 0 Å². The van der Waals surface area contributed by atoms with Crippen molar-refractivity contribution in [1.29, 1.82) is 0 Å². The van der Waals surface area contributed by atoms with E-state index in [4.69, 9.17) is 18.5 Å². The molecule has 0 aliphatic carbocycles. The fourth-order valence-electron chi connectivity index (χ4n) is 0.879. The van der Waals surface area contributed by atoms with E-state index in [9.17, 15) is 14.2 Å². The van der Waals surface area contributed by atoms with E-state index in [-0.39, 0.29) is 50.2 Å². The third kappa shape index (κ3) is 9.83. The molecule has 8 heteroatoms. The monoisotopic (exact) mass is 309 g/mol. The number of ether oxygens (including phenoxy) is 2. The molecule has 0 bridgehead atoms. The molecule has 0 spiro atoms. The van der Waals surface area contributed by atoms with E-state index >= 15 is 0 Å². The largest absolute Gasteiger partial charge is 0.697 e. The van der Waals surface area contributed by atoms with Gasteiger partial charge < -0.3 is 9.47 Å². The summed E-state index contributed by atoms with van der Waals surface area (Å²) in [6, 6.07) is 0. The molecule has 0 radical (unpaired) electrons. The molecule has 0 aliphatic rings. The number of carbonyl (C=O) groups excluding carboxylic acids is 2. The minimum atomic E-state index is -2.31. The van der Waals surface area contributed by atoms with Gasteiger partial charge in [0.2, 0.25) is 0 Å². The Kier molecular flexibility index (Phi) is 10.2. The van der Waals surface area contributed by atoms with Crippen LogP contribution in [0.5, 0.6) is 0 Å². The highest BCUT2D eigenvalue weighted by atomic mass is 31.1. The molecule has 0 saturated heterocycles. The molecule has 0 aromatic heterocycles. The van der Waals surface area contributed by atoms with E-state index in [2.05, 4.69) is 0 Å². The molecule has 20 heavy (non-hydrogen) atoms. The van der Waals surface area contributed by atoms with Gasteiger partial charge in [-0.3, -0.25) is 9.59 Å². The van der Waals surface area contributed by atoms with E-state index in [1.165, 1.54) is 0 Å². The van der Waals surface area contributed by atoms with Crippen molar-refractivity contribution in [3.05, 3.63) is 0 Å². The molecule has 0 unspecified atom stereocenters. The van der Waals surface area contributed by atoms with Crippen LogP contribution in [0.25, 0.3) is 0 Å². The molecule has 0 rings (SSSR count). The smallest absolute Gasteiger partial charge is 0.463 e. The SMILES string of the molecule is CC(C)C(=O)OCCO[P+](=O)OCCOC(=O)C(C)C. The van der Waals surface area contributed by atoms with Gasteiger partial charge in [-0.05, 0) is 0 Å². The minimum absolute atomic E-state index is 0.0144. The van der Waals surface area contributed by atoms with Gasteiger partial charge in [0.15, 0.2) is 0 Å². The van der Waals surface area contributed by atoms with E-state index < -0.39 is 8.25 Å². The Balaban J connectivity index is 3.51. The Morgan fingerprint density at radius 1 is 0.800 bits per heavy atom. The summed E-state index contributed by atoms with van der Waals surface area (Å²) in [5.41, 5.74) is 0. The molecule has 0 heterocycles. The number of hydrogen-bond donors (Lipinski definition) is 0. The third-order valence-electron chi connectivity index (χ3n) is 1.99. The molecular weight excluding hydrogens is 287 g/mol. The van der Waals surface area contributed by atoms with Gasteiger partial charge in [-0.15, -0.1) is 9.05 Å². The van der Waals surface area contributed by atoms with Crippen LogP contribution in [-0.2, 0) is 32.7 Å². The van der Waals surface area contributed by atoms with Crippen LogP contribution in [0.3, 0.4) is 0 Å².